The number of nitrogens with one attached hydrogen (secondary N) is 1. The van der Waals surface area contributed by atoms with Crippen molar-refractivity contribution in [2.45, 2.75) is 12.3 Å². The molecule has 1 aliphatic rings. The highest BCUT2D eigenvalue weighted by molar-refractivity contribution is 5.96. The minimum Gasteiger partial charge on any atom is -0.493 e. The number of hydrogen-bond donors (Lipinski definition) is 2. The van der Waals surface area contributed by atoms with Crippen LogP contribution in [0.1, 0.15) is 17.9 Å². The summed E-state index contributed by atoms with van der Waals surface area (Å²) >= 11 is 0. The van der Waals surface area contributed by atoms with Crippen LogP contribution >= 0.6 is 0 Å². The standard InChI is InChI=1S/C16H15FN2O2/c17-13-9-10(18)5-6-14(13)19-16(20)12-7-8-21-15-4-2-1-3-11(12)15/h1-6,9,12H,7-8,18H2,(H,19,20). The molecule has 0 aliphatic carbocycles. The van der Waals surface area contributed by atoms with Gasteiger partial charge in [-0.3, -0.25) is 4.79 Å². The Hall–Kier alpha value is -2.56. The molecule has 1 unspecified atom stereocenters. The Labute approximate surface area is 121 Å². The number of para-hydroxylation sites is 1. The topological polar surface area (TPSA) is 64.3 Å². The number of benzene rings is 2. The molecule has 2 aromatic rings. The van der Waals surface area contributed by atoms with E-state index in [9.17, 15) is 9.18 Å². The van der Waals surface area contributed by atoms with Gasteiger partial charge in [-0.1, -0.05) is 18.2 Å². The number of anilines is 2. The molecule has 4 nitrogen and oxygen atoms in total. The van der Waals surface area contributed by atoms with Gasteiger partial charge >= 0.3 is 0 Å². The molecule has 108 valence electrons. The minimum atomic E-state index is -0.538. The molecule has 2 aromatic carbocycles. The molecule has 1 aliphatic heterocycles. The summed E-state index contributed by atoms with van der Waals surface area (Å²) in [6.45, 7) is 0.472. The number of amides is 1. The minimum absolute atomic E-state index is 0.137. The molecule has 21 heavy (non-hydrogen) atoms. The van der Waals surface area contributed by atoms with Crippen LogP contribution in [-0.2, 0) is 4.79 Å². The first-order chi connectivity index (χ1) is 10.1. The lowest BCUT2D eigenvalue weighted by Gasteiger charge is -2.25. The summed E-state index contributed by atoms with van der Waals surface area (Å²) in [7, 11) is 0. The Morgan fingerprint density at radius 1 is 1.29 bits per heavy atom. The van der Waals surface area contributed by atoms with Gasteiger partial charge in [0.2, 0.25) is 5.91 Å². The molecule has 0 fully saturated rings. The molecule has 0 bridgehead atoms. The average molecular weight is 286 g/mol. The summed E-state index contributed by atoms with van der Waals surface area (Å²) in [5.41, 5.74) is 6.78. The van der Waals surface area contributed by atoms with Gasteiger partial charge in [0.15, 0.2) is 0 Å². The third-order valence-corrected chi connectivity index (χ3v) is 3.53. The first kappa shape index (κ1) is 13.4. The zero-order chi connectivity index (χ0) is 14.8. The molecule has 0 spiro atoms. The Balaban J connectivity index is 1.83. The molecule has 1 atom stereocenters. The summed E-state index contributed by atoms with van der Waals surface area (Å²) in [5.74, 6) is -0.410. The molecule has 0 saturated carbocycles. The van der Waals surface area contributed by atoms with Crippen molar-refractivity contribution in [3.05, 3.63) is 53.8 Å². The number of rotatable bonds is 2. The van der Waals surface area contributed by atoms with E-state index in [4.69, 9.17) is 10.5 Å². The van der Waals surface area contributed by atoms with E-state index in [1.165, 1.54) is 12.1 Å². The molecule has 3 rings (SSSR count). The van der Waals surface area contributed by atoms with Crippen molar-refractivity contribution in [3.63, 3.8) is 0 Å². The Kier molecular flexibility index (Phi) is 3.48. The smallest absolute Gasteiger partial charge is 0.232 e. The number of nitrogen functional groups attached to an aromatic ring is 1. The number of carbonyl (C=O) groups excluding carboxylic acids is 1. The van der Waals surface area contributed by atoms with E-state index in [1.54, 1.807) is 6.07 Å². The molecule has 0 radical (unpaired) electrons. The van der Waals surface area contributed by atoms with E-state index in [2.05, 4.69) is 5.32 Å². The number of nitrogens with two attached hydrogens (primary N) is 1. The summed E-state index contributed by atoms with van der Waals surface area (Å²) in [6, 6.07) is 11.6. The Morgan fingerprint density at radius 2 is 2.10 bits per heavy atom. The lowest BCUT2D eigenvalue weighted by molar-refractivity contribution is -0.118. The van der Waals surface area contributed by atoms with E-state index in [-0.39, 0.29) is 17.5 Å². The highest BCUT2D eigenvalue weighted by Crippen LogP contribution is 2.34. The third kappa shape index (κ3) is 2.67. The second-order valence-electron chi connectivity index (χ2n) is 4.96. The molecule has 1 heterocycles. The van der Waals surface area contributed by atoms with Crippen LogP contribution in [0.4, 0.5) is 15.8 Å². The maximum Gasteiger partial charge on any atom is 0.232 e. The van der Waals surface area contributed by atoms with Crippen molar-refractivity contribution in [2.75, 3.05) is 17.7 Å². The van der Waals surface area contributed by atoms with E-state index in [0.29, 0.717) is 24.5 Å². The number of hydrogen-bond acceptors (Lipinski definition) is 3. The van der Waals surface area contributed by atoms with Crippen molar-refractivity contribution >= 4 is 17.3 Å². The monoisotopic (exact) mass is 286 g/mol. The van der Waals surface area contributed by atoms with Crippen LogP contribution in [-0.4, -0.2) is 12.5 Å². The van der Waals surface area contributed by atoms with Gasteiger partial charge in [0, 0.05) is 11.3 Å². The fraction of sp³-hybridized carbons (Fsp3) is 0.188. The lowest BCUT2D eigenvalue weighted by atomic mass is 9.92. The van der Waals surface area contributed by atoms with Gasteiger partial charge in [-0.05, 0) is 30.7 Å². The zero-order valence-corrected chi connectivity index (χ0v) is 11.3. The second-order valence-corrected chi connectivity index (χ2v) is 4.96. The van der Waals surface area contributed by atoms with E-state index < -0.39 is 5.82 Å². The molecular formula is C16H15FN2O2. The molecule has 0 aromatic heterocycles. The fourth-order valence-electron chi connectivity index (χ4n) is 2.47. The predicted molar refractivity (Wildman–Crippen MR) is 78.7 cm³/mol. The van der Waals surface area contributed by atoms with Crippen LogP contribution in [0.5, 0.6) is 5.75 Å². The van der Waals surface area contributed by atoms with Crippen molar-refractivity contribution < 1.29 is 13.9 Å². The molecule has 5 heteroatoms. The maximum atomic E-state index is 13.8. The Bertz CT molecular complexity index is 688. The number of halogens is 1. The maximum absolute atomic E-state index is 13.8. The van der Waals surface area contributed by atoms with Crippen molar-refractivity contribution in [1.29, 1.82) is 0 Å². The van der Waals surface area contributed by atoms with Crippen LogP contribution in [0.15, 0.2) is 42.5 Å². The van der Waals surface area contributed by atoms with Gasteiger partial charge in [0.25, 0.3) is 0 Å². The first-order valence-electron chi connectivity index (χ1n) is 6.73. The van der Waals surface area contributed by atoms with Crippen molar-refractivity contribution in [3.8, 4) is 5.75 Å². The summed E-state index contributed by atoms with van der Waals surface area (Å²) in [6.07, 6.45) is 0.569. The molecule has 1 amide bonds. The Morgan fingerprint density at radius 3 is 2.90 bits per heavy atom. The lowest BCUT2D eigenvalue weighted by Crippen LogP contribution is -2.26. The molecule has 0 saturated heterocycles. The normalized spacial score (nSPS) is 16.7. The van der Waals surface area contributed by atoms with Gasteiger partial charge in [-0.2, -0.15) is 0 Å². The molecule has 3 N–H and O–H groups in total. The highest BCUT2D eigenvalue weighted by Gasteiger charge is 2.27. The SMILES string of the molecule is Nc1ccc(NC(=O)C2CCOc3ccccc32)c(F)c1. The van der Waals surface area contributed by atoms with E-state index >= 15 is 0 Å². The summed E-state index contributed by atoms with van der Waals surface area (Å²) in [5, 5.41) is 2.62. The second kappa shape index (κ2) is 5.44. The summed E-state index contributed by atoms with van der Waals surface area (Å²) in [4.78, 5) is 12.4. The van der Waals surface area contributed by atoms with Gasteiger partial charge in [-0.15, -0.1) is 0 Å². The van der Waals surface area contributed by atoms with Crippen LogP contribution in [0.25, 0.3) is 0 Å². The van der Waals surface area contributed by atoms with Gasteiger partial charge in [0.05, 0.1) is 18.2 Å². The van der Waals surface area contributed by atoms with Crippen LogP contribution in [0.3, 0.4) is 0 Å². The number of ether oxygens (including phenoxy) is 1. The summed E-state index contributed by atoms with van der Waals surface area (Å²) < 4.78 is 19.3. The quantitative estimate of drug-likeness (QED) is 0.834. The van der Waals surface area contributed by atoms with Crippen LogP contribution in [0.2, 0.25) is 0 Å². The van der Waals surface area contributed by atoms with Gasteiger partial charge < -0.3 is 15.8 Å². The van der Waals surface area contributed by atoms with E-state index in [0.717, 1.165) is 5.56 Å². The number of fused-ring (bicyclic) bond motifs is 1. The largest absolute Gasteiger partial charge is 0.493 e. The predicted octanol–water partition coefficient (Wildman–Crippen LogP) is 2.91. The number of carbonyl (C=O) groups is 1. The van der Waals surface area contributed by atoms with Crippen LogP contribution in [0, 0.1) is 5.82 Å². The van der Waals surface area contributed by atoms with Gasteiger partial charge in [-0.25, -0.2) is 4.39 Å². The first-order valence-corrected chi connectivity index (χ1v) is 6.73. The van der Waals surface area contributed by atoms with Crippen LogP contribution < -0.4 is 15.8 Å². The highest BCUT2D eigenvalue weighted by atomic mass is 19.1. The average Bonchev–Trinajstić information content (AvgIpc) is 2.49. The zero-order valence-electron chi connectivity index (χ0n) is 11.3. The van der Waals surface area contributed by atoms with E-state index in [1.807, 2.05) is 24.3 Å². The molecular weight excluding hydrogens is 271 g/mol. The van der Waals surface area contributed by atoms with Crippen molar-refractivity contribution in [1.82, 2.24) is 0 Å². The van der Waals surface area contributed by atoms with Gasteiger partial charge in [0.1, 0.15) is 11.6 Å². The third-order valence-electron chi connectivity index (χ3n) is 3.53. The fourth-order valence-corrected chi connectivity index (χ4v) is 2.47. The van der Waals surface area contributed by atoms with Crippen molar-refractivity contribution in [2.24, 2.45) is 0 Å².